The Labute approximate surface area is 107 Å². The number of amides is 1. The van der Waals surface area contributed by atoms with Crippen LogP contribution in [0, 0.1) is 0 Å². The zero-order valence-corrected chi connectivity index (χ0v) is 10.0. The summed E-state index contributed by atoms with van der Waals surface area (Å²) in [4.78, 5) is 27.0. The fourth-order valence-electron chi connectivity index (χ4n) is 1.15. The van der Waals surface area contributed by atoms with Gasteiger partial charge in [-0.15, -0.1) is 0 Å². The quantitative estimate of drug-likeness (QED) is 0.838. The molecular weight excluding hydrogens is 258 g/mol. The fraction of sp³-hybridized carbons (Fsp3) is 0.100. The Morgan fingerprint density at radius 3 is 2.72 bits per heavy atom. The van der Waals surface area contributed by atoms with E-state index in [1.54, 1.807) is 0 Å². The monoisotopic (exact) mass is 265 g/mol. The van der Waals surface area contributed by atoms with Crippen LogP contribution in [0.4, 0.5) is 5.95 Å². The van der Waals surface area contributed by atoms with Crippen LogP contribution in [-0.4, -0.2) is 33.0 Å². The van der Waals surface area contributed by atoms with Crippen molar-refractivity contribution in [1.29, 1.82) is 0 Å². The van der Waals surface area contributed by atoms with Crippen molar-refractivity contribution in [3.63, 3.8) is 0 Å². The number of nitrogens with one attached hydrogen (secondary N) is 1. The molecule has 0 bridgehead atoms. The summed E-state index contributed by atoms with van der Waals surface area (Å²) in [7, 11) is 1.44. The molecule has 1 amide bonds. The molecular formula is C10H8ClN5O2. The molecule has 0 aromatic carbocycles. The summed E-state index contributed by atoms with van der Waals surface area (Å²) in [5.74, 6) is -0.122. The zero-order chi connectivity index (χ0) is 13.0. The standard InChI is InChI=1S/C10H8ClN5O2/c1-18-8-2-7(11)14-10(15-8)16-9(17)6-3-12-5-13-4-6/h2-5H,1H3,(H,14,15,16,17). The van der Waals surface area contributed by atoms with Crippen LogP contribution < -0.4 is 10.1 Å². The van der Waals surface area contributed by atoms with Gasteiger partial charge in [-0.1, -0.05) is 11.6 Å². The average molecular weight is 266 g/mol. The van der Waals surface area contributed by atoms with Crippen LogP contribution >= 0.6 is 11.6 Å². The van der Waals surface area contributed by atoms with Gasteiger partial charge in [0.1, 0.15) is 11.5 Å². The molecule has 0 fully saturated rings. The summed E-state index contributed by atoms with van der Waals surface area (Å²) in [6.45, 7) is 0. The first kappa shape index (κ1) is 12.2. The highest BCUT2D eigenvalue weighted by molar-refractivity contribution is 6.29. The molecule has 18 heavy (non-hydrogen) atoms. The molecule has 7 nitrogen and oxygen atoms in total. The average Bonchev–Trinajstić information content (AvgIpc) is 2.39. The Kier molecular flexibility index (Phi) is 3.63. The molecule has 0 atom stereocenters. The summed E-state index contributed by atoms with van der Waals surface area (Å²) < 4.78 is 4.91. The van der Waals surface area contributed by atoms with Crippen LogP contribution in [0.15, 0.2) is 24.8 Å². The second kappa shape index (κ2) is 5.37. The molecule has 0 aliphatic rings. The van der Waals surface area contributed by atoms with Crippen molar-refractivity contribution < 1.29 is 9.53 Å². The number of hydrogen-bond donors (Lipinski definition) is 1. The summed E-state index contributed by atoms with van der Waals surface area (Å²) in [6, 6.07) is 1.43. The Bertz CT molecular complexity index is 563. The van der Waals surface area contributed by atoms with E-state index >= 15 is 0 Å². The third-order valence-corrected chi connectivity index (χ3v) is 2.12. The highest BCUT2D eigenvalue weighted by Gasteiger charge is 2.10. The number of rotatable bonds is 3. The molecule has 2 aromatic heterocycles. The Morgan fingerprint density at radius 1 is 1.33 bits per heavy atom. The van der Waals surface area contributed by atoms with E-state index in [-0.39, 0.29) is 17.0 Å². The summed E-state index contributed by atoms with van der Waals surface area (Å²) in [6.07, 6.45) is 4.09. The van der Waals surface area contributed by atoms with Gasteiger partial charge < -0.3 is 4.74 Å². The van der Waals surface area contributed by atoms with E-state index in [4.69, 9.17) is 16.3 Å². The molecule has 0 aliphatic heterocycles. The Morgan fingerprint density at radius 2 is 2.06 bits per heavy atom. The van der Waals surface area contributed by atoms with Gasteiger partial charge in [-0.2, -0.15) is 4.98 Å². The summed E-state index contributed by atoms with van der Waals surface area (Å²) in [5, 5.41) is 2.64. The number of ether oxygens (including phenoxy) is 1. The smallest absolute Gasteiger partial charge is 0.261 e. The van der Waals surface area contributed by atoms with E-state index in [0.29, 0.717) is 5.56 Å². The van der Waals surface area contributed by atoms with E-state index < -0.39 is 5.91 Å². The van der Waals surface area contributed by atoms with E-state index in [1.165, 1.54) is 31.9 Å². The van der Waals surface area contributed by atoms with Crippen LogP contribution in [0.3, 0.4) is 0 Å². The first-order chi connectivity index (χ1) is 8.69. The maximum Gasteiger partial charge on any atom is 0.261 e. The number of nitrogens with zero attached hydrogens (tertiary/aromatic N) is 4. The molecule has 0 saturated carbocycles. The molecule has 8 heteroatoms. The molecule has 0 unspecified atom stereocenters. The van der Waals surface area contributed by atoms with Crippen molar-refractivity contribution in [1.82, 2.24) is 19.9 Å². The van der Waals surface area contributed by atoms with Crippen LogP contribution in [0.2, 0.25) is 5.15 Å². The number of carbonyl (C=O) groups excluding carboxylic acids is 1. The maximum absolute atomic E-state index is 11.8. The molecule has 2 aromatic rings. The minimum Gasteiger partial charge on any atom is -0.481 e. The third-order valence-electron chi connectivity index (χ3n) is 1.93. The largest absolute Gasteiger partial charge is 0.481 e. The second-order valence-electron chi connectivity index (χ2n) is 3.14. The van der Waals surface area contributed by atoms with E-state index in [1.807, 2.05) is 0 Å². The molecule has 92 valence electrons. The number of hydrogen-bond acceptors (Lipinski definition) is 6. The predicted octanol–water partition coefficient (Wildman–Crippen LogP) is 1.18. The van der Waals surface area contributed by atoms with Gasteiger partial charge in [0.2, 0.25) is 11.8 Å². The van der Waals surface area contributed by atoms with Gasteiger partial charge >= 0.3 is 0 Å². The number of methoxy groups -OCH3 is 1. The first-order valence-electron chi connectivity index (χ1n) is 4.84. The van der Waals surface area contributed by atoms with Crippen molar-refractivity contribution in [2.24, 2.45) is 0 Å². The van der Waals surface area contributed by atoms with Gasteiger partial charge in [0, 0.05) is 18.5 Å². The number of halogens is 1. The first-order valence-corrected chi connectivity index (χ1v) is 5.22. The van der Waals surface area contributed by atoms with Gasteiger partial charge in [-0.3, -0.25) is 10.1 Å². The molecule has 0 saturated heterocycles. The van der Waals surface area contributed by atoms with Crippen LogP contribution in [0.25, 0.3) is 0 Å². The molecule has 2 heterocycles. The molecule has 1 N–H and O–H groups in total. The molecule has 0 radical (unpaired) electrons. The lowest BCUT2D eigenvalue weighted by Gasteiger charge is -2.05. The fourth-order valence-corrected chi connectivity index (χ4v) is 1.32. The number of anilines is 1. The lowest BCUT2D eigenvalue weighted by molar-refractivity contribution is 0.102. The minimum atomic E-state index is -0.431. The van der Waals surface area contributed by atoms with Crippen molar-refractivity contribution in [3.05, 3.63) is 35.5 Å². The van der Waals surface area contributed by atoms with Gasteiger partial charge in [0.05, 0.1) is 12.7 Å². The Hall–Kier alpha value is -2.28. The van der Waals surface area contributed by atoms with Gasteiger partial charge in [0.15, 0.2) is 0 Å². The highest BCUT2D eigenvalue weighted by Crippen LogP contribution is 2.16. The van der Waals surface area contributed by atoms with Crippen molar-refractivity contribution in [2.75, 3.05) is 12.4 Å². The second-order valence-corrected chi connectivity index (χ2v) is 3.53. The van der Waals surface area contributed by atoms with E-state index in [2.05, 4.69) is 25.3 Å². The predicted molar refractivity (Wildman–Crippen MR) is 63.6 cm³/mol. The van der Waals surface area contributed by atoms with Crippen LogP contribution in [0.5, 0.6) is 5.88 Å². The lowest BCUT2D eigenvalue weighted by atomic mass is 10.3. The molecule has 0 spiro atoms. The van der Waals surface area contributed by atoms with Crippen LogP contribution in [-0.2, 0) is 0 Å². The SMILES string of the molecule is COc1cc(Cl)nc(NC(=O)c2cncnc2)n1. The third kappa shape index (κ3) is 2.89. The van der Waals surface area contributed by atoms with E-state index in [0.717, 1.165) is 0 Å². The highest BCUT2D eigenvalue weighted by atomic mass is 35.5. The van der Waals surface area contributed by atoms with Crippen molar-refractivity contribution >= 4 is 23.5 Å². The molecule has 2 rings (SSSR count). The van der Waals surface area contributed by atoms with E-state index in [9.17, 15) is 4.79 Å². The van der Waals surface area contributed by atoms with Gasteiger partial charge in [0.25, 0.3) is 5.91 Å². The van der Waals surface area contributed by atoms with Gasteiger partial charge in [-0.05, 0) is 0 Å². The topological polar surface area (TPSA) is 89.9 Å². The summed E-state index contributed by atoms with van der Waals surface area (Å²) in [5.41, 5.74) is 0.292. The zero-order valence-electron chi connectivity index (χ0n) is 9.29. The summed E-state index contributed by atoms with van der Waals surface area (Å²) >= 11 is 5.75. The van der Waals surface area contributed by atoms with Gasteiger partial charge in [-0.25, -0.2) is 15.0 Å². The number of carbonyl (C=O) groups is 1. The van der Waals surface area contributed by atoms with Crippen LogP contribution in [0.1, 0.15) is 10.4 Å². The lowest BCUT2D eigenvalue weighted by Crippen LogP contribution is -2.15. The number of aromatic nitrogens is 4. The normalized spacial score (nSPS) is 9.89. The minimum absolute atomic E-state index is 0.0493. The maximum atomic E-state index is 11.8. The van der Waals surface area contributed by atoms with Crippen molar-refractivity contribution in [2.45, 2.75) is 0 Å². The Balaban J connectivity index is 2.19. The molecule has 0 aliphatic carbocycles. The van der Waals surface area contributed by atoms with Crippen molar-refractivity contribution in [3.8, 4) is 5.88 Å².